The molecule has 0 bridgehead atoms. The molecule has 4 amide bonds. The molecule has 154 valence electrons. The van der Waals surface area contributed by atoms with Crippen LogP contribution in [0.25, 0.3) is 17.4 Å². The van der Waals surface area contributed by atoms with E-state index in [-0.39, 0.29) is 29.6 Å². The number of furan rings is 1. The summed E-state index contributed by atoms with van der Waals surface area (Å²) < 4.78 is 29.3. The molecule has 1 saturated heterocycles. The number of imide groups is 2. The molecular weight excluding hydrogens is 407 g/mol. The monoisotopic (exact) mass is 420 g/mol. The maximum Gasteiger partial charge on any atom is 0.335 e. The second-order valence-corrected chi connectivity index (χ2v) is 6.70. The molecule has 0 radical (unpaired) electrons. The van der Waals surface area contributed by atoms with Crippen molar-refractivity contribution in [3.8, 4) is 22.8 Å². The van der Waals surface area contributed by atoms with E-state index in [0.717, 1.165) is 4.90 Å². The highest BCUT2D eigenvalue weighted by Crippen LogP contribution is 2.36. The molecule has 2 aromatic carbocycles. The van der Waals surface area contributed by atoms with Crippen LogP contribution < -0.4 is 19.7 Å². The first-order chi connectivity index (χ1) is 15.0. The summed E-state index contributed by atoms with van der Waals surface area (Å²) in [6, 6.07) is 12.6. The average Bonchev–Trinajstić information content (AvgIpc) is 3.40. The van der Waals surface area contributed by atoms with Crippen LogP contribution in [0.15, 0.2) is 64.6 Å². The van der Waals surface area contributed by atoms with Gasteiger partial charge in [0.1, 0.15) is 22.9 Å². The Morgan fingerprint density at radius 3 is 2.52 bits per heavy atom. The van der Waals surface area contributed by atoms with Crippen LogP contribution in [0.1, 0.15) is 5.76 Å². The number of anilines is 1. The fraction of sp³-hybridized carbons (Fsp3) is 0.0455. The van der Waals surface area contributed by atoms with E-state index in [9.17, 15) is 18.8 Å². The lowest BCUT2D eigenvalue weighted by Crippen LogP contribution is -2.54. The second-order valence-electron chi connectivity index (χ2n) is 6.70. The van der Waals surface area contributed by atoms with Gasteiger partial charge >= 0.3 is 6.03 Å². The first-order valence-corrected chi connectivity index (χ1v) is 9.16. The number of hydrogen-bond acceptors (Lipinski definition) is 6. The van der Waals surface area contributed by atoms with Gasteiger partial charge in [0.05, 0.1) is 5.69 Å². The van der Waals surface area contributed by atoms with Crippen LogP contribution >= 0.6 is 0 Å². The number of amides is 4. The van der Waals surface area contributed by atoms with Gasteiger partial charge in [-0.25, -0.2) is 14.1 Å². The summed E-state index contributed by atoms with van der Waals surface area (Å²) in [6.07, 6.45) is 1.25. The van der Waals surface area contributed by atoms with Crippen LogP contribution in [0.2, 0.25) is 0 Å². The van der Waals surface area contributed by atoms with Gasteiger partial charge in [0, 0.05) is 11.6 Å². The lowest BCUT2D eigenvalue weighted by atomic mass is 10.1. The van der Waals surface area contributed by atoms with Gasteiger partial charge in [-0.3, -0.25) is 14.9 Å². The average molecular weight is 420 g/mol. The number of carbonyl (C=O) groups is 3. The molecule has 3 aromatic rings. The van der Waals surface area contributed by atoms with Gasteiger partial charge in [-0.05, 0) is 54.6 Å². The van der Waals surface area contributed by atoms with E-state index in [1.54, 1.807) is 30.3 Å². The minimum Gasteiger partial charge on any atom is -0.457 e. The van der Waals surface area contributed by atoms with E-state index in [2.05, 4.69) is 5.32 Å². The van der Waals surface area contributed by atoms with Crippen molar-refractivity contribution in [2.75, 3.05) is 11.7 Å². The van der Waals surface area contributed by atoms with Crippen molar-refractivity contribution < 1.29 is 32.7 Å². The zero-order valence-electron chi connectivity index (χ0n) is 15.8. The highest BCUT2D eigenvalue weighted by molar-refractivity contribution is 6.39. The number of hydrogen-bond donors (Lipinski definition) is 1. The van der Waals surface area contributed by atoms with Crippen LogP contribution in [0.4, 0.5) is 14.9 Å². The van der Waals surface area contributed by atoms with Gasteiger partial charge in [-0.15, -0.1) is 0 Å². The summed E-state index contributed by atoms with van der Waals surface area (Å²) in [5, 5.41) is 2.14. The molecule has 1 fully saturated rings. The number of rotatable bonds is 3. The summed E-state index contributed by atoms with van der Waals surface area (Å²) in [7, 11) is 0. The van der Waals surface area contributed by atoms with Crippen LogP contribution in [0, 0.1) is 5.82 Å². The third-order valence-corrected chi connectivity index (χ3v) is 4.76. The number of urea groups is 1. The molecule has 0 saturated carbocycles. The maximum atomic E-state index is 13.1. The molecule has 0 spiro atoms. The van der Waals surface area contributed by atoms with Crippen LogP contribution in [-0.2, 0) is 9.59 Å². The molecule has 8 nitrogen and oxygen atoms in total. The van der Waals surface area contributed by atoms with Crippen molar-refractivity contribution in [3.63, 3.8) is 0 Å². The predicted molar refractivity (Wildman–Crippen MR) is 106 cm³/mol. The van der Waals surface area contributed by atoms with E-state index in [4.69, 9.17) is 13.9 Å². The Bertz CT molecular complexity index is 1260. The van der Waals surface area contributed by atoms with E-state index in [1.165, 1.54) is 30.3 Å². The molecular formula is C22H13FN2O6. The summed E-state index contributed by atoms with van der Waals surface area (Å²) in [6.45, 7) is 0.0391. The van der Waals surface area contributed by atoms with E-state index < -0.39 is 17.8 Å². The zero-order valence-corrected chi connectivity index (χ0v) is 15.8. The molecule has 31 heavy (non-hydrogen) atoms. The number of barbiturate groups is 1. The molecule has 1 aromatic heterocycles. The van der Waals surface area contributed by atoms with Crippen molar-refractivity contribution in [2.45, 2.75) is 0 Å². The van der Waals surface area contributed by atoms with Gasteiger partial charge in [0.2, 0.25) is 6.79 Å². The lowest BCUT2D eigenvalue weighted by molar-refractivity contribution is -0.122. The Balaban J connectivity index is 1.47. The standard InChI is InChI=1S/C22H13FN2O6/c23-13-3-1-12(2-4-13)17-8-6-15(31-17)10-16-20(26)24-22(28)25(21(16)27)14-5-7-18-19(9-14)30-11-29-18/h1-10H,11H2,(H,24,26,28)/b16-10-. The van der Waals surface area contributed by atoms with Crippen molar-refractivity contribution in [1.82, 2.24) is 5.32 Å². The SMILES string of the molecule is O=C1NC(=O)N(c2ccc3c(c2)OCO3)C(=O)/C1=C\c1ccc(-c2ccc(F)cc2)o1. The van der Waals surface area contributed by atoms with Crippen LogP contribution in [0.3, 0.4) is 0 Å². The van der Waals surface area contributed by atoms with E-state index in [1.807, 2.05) is 0 Å². The molecule has 0 unspecified atom stereocenters. The molecule has 0 aliphatic carbocycles. The molecule has 2 aliphatic rings. The Morgan fingerprint density at radius 1 is 0.935 bits per heavy atom. The first kappa shape index (κ1) is 18.6. The minimum absolute atomic E-state index is 0.0391. The Morgan fingerprint density at radius 2 is 1.71 bits per heavy atom. The molecule has 5 rings (SSSR count). The number of fused-ring (bicyclic) bond motifs is 1. The highest BCUT2D eigenvalue weighted by Gasteiger charge is 2.37. The lowest BCUT2D eigenvalue weighted by Gasteiger charge is -2.26. The Labute approximate surface area is 174 Å². The predicted octanol–water partition coefficient (Wildman–Crippen LogP) is 3.48. The highest BCUT2D eigenvalue weighted by atomic mass is 19.1. The largest absolute Gasteiger partial charge is 0.457 e. The second kappa shape index (κ2) is 7.13. The molecule has 3 heterocycles. The van der Waals surface area contributed by atoms with E-state index in [0.29, 0.717) is 22.8 Å². The quantitative estimate of drug-likeness (QED) is 0.515. The number of carbonyl (C=O) groups excluding carboxylic acids is 3. The van der Waals surface area contributed by atoms with E-state index >= 15 is 0 Å². The third kappa shape index (κ3) is 3.31. The summed E-state index contributed by atoms with van der Waals surface area (Å²) in [5.41, 5.74) is 0.566. The topological polar surface area (TPSA) is 98.1 Å². The third-order valence-electron chi connectivity index (χ3n) is 4.76. The minimum atomic E-state index is -0.877. The number of nitrogens with one attached hydrogen (secondary N) is 1. The van der Waals surface area contributed by atoms with Crippen LogP contribution in [-0.4, -0.2) is 24.6 Å². The fourth-order valence-corrected chi connectivity index (χ4v) is 3.26. The van der Waals surface area contributed by atoms with Gasteiger partial charge < -0.3 is 13.9 Å². The molecule has 9 heteroatoms. The zero-order chi connectivity index (χ0) is 21.5. The van der Waals surface area contributed by atoms with Crippen molar-refractivity contribution in [3.05, 3.63) is 71.7 Å². The smallest absolute Gasteiger partial charge is 0.335 e. The summed E-state index contributed by atoms with van der Waals surface area (Å²) >= 11 is 0. The van der Waals surface area contributed by atoms with Crippen molar-refractivity contribution >= 4 is 29.6 Å². The summed E-state index contributed by atoms with van der Waals surface area (Å²) in [4.78, 5) is 38.5. The molecule has 0 atom stereocenters. The number of benzene rings is 2. The normalized spacial score (nSPS) is 16.7. The van der Waals surface area contributed by atoms with Crippen LogP contribution in [0.5, 0.6) is 11.5 Å². The summed E-state index contributed by atoms with van der Waals surface area (Å²) in [5.74, 6) is -0.508. The number of halogens is 1. The molecule has 2 aliphatic heterocycles. The Kier molecular flexibility index (Phi) is 4.28. The number of nitrogens with zero attached hydrogens (tertiary/aromatic N) is 1. The van der Waals surface area contributed by atoms with Crippen molar-refractivity contribution in [2.24, 2.45) is 0 Å². The number of ether oxygens (including phenoxy) is 2. The maximum absolute atomic E-state index is 13.1. The Hall–Kier alpha value is -4.40. The fourth-order valence-electron chi connectivity index (χ4n) is 3.26. The van der Waals surface area contributed by atoms with Crippen molar-refractivity contribution in [1.29, 1.82) is 0 Å². The van der Waals surface area contributed by atoms with Gasteiger partial charge in [0.25, 0.3) is 11.8 Å². The molecule has 1 N–H and O–H groups in total. The first-order valence-electron chi connectivity index (χ1n) is 9.16. The van der Waals surface area contributed by atoms with Gasteiger partial charge in [-0.1, -0.05) is 0 Å². The van der Waals surface area contributed by atoms with Gasteiger partial charge in [-0.2, -0.15) is 0 Å². The van der Waals surface area contributed by atoms with Gasteiger partial charge in [0.15, 0.2) is 11.5 Å².